The van der Waals surface area contributed by atoms with Crippen molar-refractivity contribution >= 4 is 10.0 Å². The second-order valence-electron chi connectivity index (χ2n) is 7.23. The lowest BCUT2D eigenvalue weighted by Gasteiger charge is -2.31. The van der Waals surface area contributed by atoms with Crippen LogP contribution in [0, 0.1) is 5.41 Å². The molecule has 0 saturated heterocycles. The van der Waals surface area contributed by atoms with Gasteiger partial charge in [-0.2, -0.15) is 0 Å². The molecule has 0 heterocycles. The lowest BCUT2D eigenvalue weighted by molar-refractivity contribution is -0.0481. The number of ether oxygens (including phenoxy) is 2. The van der Waals surface area contributed by atoms with Gasteiger partial charge in [-0.1, -0.05) is 25.7 Å². The lowest BCUT2D eigenvalue weighted by Crippen LogP contribution is -2.37. The highest BCUT2D eigenvalue weighted by molar-refractivity contribution is 7.89. The molecule has 0 radical (unpaired) electrons. The van der Waals surface area contributed by atoms with Gasteiger partial charge >= 0.3 is 0 Å². The summed E-state index contributed by atoms with van der Waals surface area (Å²) in [6.45, 7) is 7.47. The Morgan fingerprint density at radius 3 is 2.10 bits per heavy atom. The molecule has 21 heavy (non-hydrogen) atoms. The van der Waals surface area contributed by atoms with Crippen LogP contribution in [0.4, 0.5) is 0 Å². The van der Waals surface area contributed by atoms with Crippen molar-refractivity contribution < 1.29 is 17.9 Å². The Morgan fingerprint density at radius 1 is 1.05 bits per heavy atom. The van der Waals surface area contributed by atoms with Gasteiger partial charge in [0.2, 0.25) is 10.0 Å². The van der Waals surface area contributed by atoms with Crippen LogP contribution in [0.1, 0.15) is 59.3 Å². The topological polar surface area (TPSA) is 78.6 Å². The van der Waals surface area contributed by atoms with Crippen LogP contribution in [-0.2, 0) is 19.5 Å². The Labute approximate surface area is 129 Å². The van der Waals surface area contributed by atoms with E-state index in [0.29, 0.717) is 19.8 Å². The normalized spacial score (nSPS) is 20.2. The van der Waals surface area contributed by atoms with Crippen LogP contribution >= 0.6 is 0 Å². The second kappa shape index (κ2) is 7.90. The van der Waals surface area contributed by atoms with E-state index in [1.54, 1.807) is 0 Å². The van der Waals surface area contributed by atoms with Crippen molar-refractivity contribution in [2.45, 2.75) is 64.9 Å². The summed E-state index contributed by atoms with van der Waals surface area (Å²) in [6.07, 6.45) is 6.20. The molecule has 1 fully saturated rings. The van der Waals surface area contributed by atoms with Gasteiger partial charge in [-0.3, -0.25) is 0 Å². The van der Waals surface area contributed by atoms with Crippen molar-refractivity contribution in [3.63, 3.8) is 0 Å². The van der Waals surface area contributed by atoms with Gasteiger partial charge in [0.05, 0.1) is 31.2 Å². The van der Waals surface area contributed by atoms with E-state index in [0.717, 1.165) is 25.7 Å². The second-order valence-corrected chi connectivity index (χ2v) is 8.85. The minimum Gasteiger partial charge on any atom is -0.378 e. The average Bonchev–Trinajstić information content (AvgIpc) is 2.51. The third kappa shape index (κ3) is 8.76. The predicted octanol–water partition coefficient (Wildman–Crippen LogP) is 2.45. The van der Waals surface area contributed by atoms with E-state index in [9.17, 15) is 8.42 Å². The highest BCUT2D eigenvalue weighted by atomic mass is 32.2. The molecule has 1 saturated carbocycles. The highest BCUT2D eigenvalue weighted by Gasteiger charge is 2.35. The first-order valence-corrected chi connectivity index (χ1v) is 9.56. The summed E-state index contributed by atoms with van der Waals surface area (Å²) >= 11 is 0. The van der Waals surface area contributed by atoms with Crippen molar-refractivity contribution in [1.82, 2.24) is 0 Å². The van der Waals surface area contributed by atoms with Crippen molar-refractivity contribution in [3.8, 4) is 0 Å². The first-order chi connectivity index (χ1) is 9.62. The SMILES string of the molecule is CC(C)(C)OCCOCC1(CS(N)(=O)=O)CCCCCC1. The number of primary sulfonamides is 1. The van der Waals surface area contributed by atoms with Crippen molar-refractivity contribution in [1.29, 1.82) is 0 Å². The number of hydrogen-bond acceptors (Lipinski definition) is 4. The molecule has 6 heteroatoms. The van der Waals surface area contributed by atoms with E-state index in [4.69, 9.17) is 14.6 Å². The van der Waals surface area contributed by atoms with Gasteiger partial charge in [-0.25, -0.2) is 13.6 Å². The molecule has 0 unspecified atom stereocenters. The van der Waals surface area contributed by atoms with E-state index >= 15 is 0 Å². The maximum Gasteiger partial charge on any atom is 0.209 e. The standard InChI is InChI=1S/C15H31NO4S/c1-14(2,3)20-11-10-19-12-15(13-21(16,17)18)8-6-4-5-7-9-15/h4-13H2,1-3H3,(H2,16,17,18). The summed E-state index contributed by atoms with van der Waals surface area (Å²) in [5, 5.41) is 5.28. The molecule has 0 aliphatic heterocycles. The summed E-state index contributed by atoms with van der Waals surface area (Å²) < 4.78 is 34.4. The van der Waals surface area contributed by atoms with Crippen LogP contribution in [0.25, 0.3) is 0 Å². The predicted molar refractivity (Wildman–Crippen MR) is 84.6 cm³/mol. The third-order valence-corrected chi connectivity index (χ3v) is 4.86. The number of hydrogen-bond donors (Lipinski definition) is 1. The highest BCUT2D eigenvalue weighted by Crippen LogP contribution is 2.36. The summed E-state index contributed by atoms with van der Waals surface area (Å²) in [5.74, 6) is 0.0279. The van der Waals surface area contributed by atoms with Gasteiger partial charge in [0.15, 0.2) is 0 Å². The van der Waals surface area contributed by atoms with E-state index in [1.165, 1.54) is 12.8 Å². The van der Waals surface area contributed by atoms with Gasteiger partial charge in [0.25, 0.3) is 0 Å². The Hall–Kier alpha value is -0.170. The molecule has 126 valence electrons. The molecule has 0 atom stereocenters. The largest absolute Gasteiger partial charge is 0.378 e. The molecule has 2 N–H and O–H groups in total. The zero-order valence-corrected chi connectivity index (χ0v) is 14.5. The van der Waals surface area contributed by atoms with Crippen molar-refractivity contribution in [2.24, 2.45) is 10.6 Å². The Kier molecular flexibility index (Phi) is 7.10. The zero-order chi connectivity index (χ0) is 16.0. The summed E-state index contributed by atoms with van der Waals surface area (Å²) in [4.78, 5) is 0. The monoisotopic (exact) mass is 321 g/mol. The summed E-state index contributed by atoms with van der Waals surface area (Å²) in [6, 6.07) is 0. The van der Waals surface area contributed by atoms with Crippen molar-refractivity contribution in [3.05, 3.63) is 0 Å². The fraction of sp³-hybridized carbons (Fsp3) is 1.00. The Morgan fingerprint density at radius 2 is 1.62 bits per heavy atom. The molecule has 5 nitrogen and oxygen atoms in total. The lowest BCUT2D eigenvalue weighted by atomic mass is 9.83. The molecule has 0 aromatic rings. The molecule has 1 rings (SSSR count). The number of rotatable bonds is 7. The third-order valence-electron chi connectivity index (χ3n) is 3.84. The van der Waals surface area contributed by atoms with Crippen LogP contribution in [0.15, 0.2) is 0 Å². The average molecular weight is 321 g/mol. The van der Waals surface area contributed by atoms with E-state index in [2.05, 4.69) is 0 Å². The molecule has 1 aliphatic carbocycles. The molecular weight excluding hydrogens is 290 g/mol. The first kappa shape index (κ1) is 18.9. The van der Waals surface area contributed by atoms with Crippen LogP contribution in [0.2, 0.25) is 0 Å². The maximum absolute atomic E-state index is 11.5. The van der Waals surface area contributed by atoms with Crippen LogP contribution < -0.4 is 5.14 Å². The van der Waals surface area contributed by atoms with Gasteiger partial charge in [0, 0.05) is 5.41 Å². The fourth-order valence-corrected chi connectivity index (χ4v) is 4.16. The minimum absolute atomic E-state index is 0.0279. The summed E-state index contributed by atoms with van der Waals surface area (Å²) in [7, 11) is -3.48. The zero-order valence-electron chi connectivity index (χ0n) is 13.7. The van der Waals surface area contributed by atoms with Gasteiger partial charge in [-0.15, -0.1) is 0 Å². The Balaban J connectivity index is 2.49. The van der Waals surface area contributed by atoms with Crippen LogP contribution in [0.3, 0.4) is 0 Å². The van der Waals surface area contributed by atoms with E-state index in [1.807, 2.05) is 20.8 Å². The van der Waals surface area contributed by atoms with E-state index in [-0.39, 0.29) is 16.8 Å². The Bertz CT molecular complexity index is 392. The minimum atomic E-state index is -3.48. The van der Waals surface area contributed by atoms with Gasteiger partial charge < -0.3 is 9.47 Å². The van der Waals surface area contributed by atoms with Crippen molar-refractivity contribution in [2.75, 3.05) is 25.6 Å². The van der Waals surface area contributed by atoms with Gasteiger partial charge in [0.1, 0.15) is 0 Å². The molecular formula is C15H31NO4S. The number of nitrogens with two attached hydrogens (primary N) is 1. The molecule has 0 aromatic carbocycles. The molecule has 1 aliphatic rings. The van der Waals surface area contributed by atoms with E-state index < -0.39 is 10.0 Å². The van der Waals surface area contributed by atoms with Crippen LogP contribution in [0.5, 0.6) is 0 Å². The van der Waals surface area contributed by atoms with Gasteiger partial charge in [-0.05, 0) is 33.6 Å². The quantitative estimate of drug-likeness (QED) is 0.577. The van der Waals surface area contributed by atoms with Crippen LogP contribution in [-0.4, -0.2) is 39.6 Å². The maximum atomic E-state index is 11.5. The molecule has 0 amide bonds. The smallest absolute Gasteiger partial charge is 0.209 e. The molecule has 0 aromatic heterocycles. The first-order valence-electron chi connectivity index (χ1n) is 7.84. The summed E-state index contributed by atoms with van der Waals surface area (Å²) in [5.41, 5.74) is -0.490. The fourth-order valence-electron chi connectivity index (χ4n) is 2.93. The number of sulfonamides is 1. The molecule has 0 bridgehead atoms. The molecule has 0 spiro atoms.